The number of nitrogens with zero attached hydrogens (tertiary/aromatic N) is 3. The average molecular weight is 513 g/mol. The Labute approximate surface area is 213 Å². The summed E-state index contributed by atoms with van der Waals surface area (Å²) in [7, 11) is 1.53. The van der Waals surface area contributed by atoms with Gasteiger partial charge >= 0.3 is 5.97 Å². The van der Waals surface area contributed by atoms with Crippen molar-refractivity contribution in [2.75, 3.05) is 24.8 Å². The number of fused-ring (bicyclic) bond motifs is 1. The molecule has 190 valence electrons. The quantitative estimate of drug-likeness (QED) is 0.287. The highest BCUT2D eigenvalue weighted by molar-refractivity contribution is 7.99. The van der Waals surface area contributed by atoms with E-state index in [0.29, 0.717) is 39.4 Å². The standard InChI is InChI=1S/C26H29FN4O4S/c1-5-13-36-26-29-25-28-16(3)22(24(32)34-6-2)23(31(25)30-26)17-11-12-20(21(14-17)33-4)35-15-18-9-7-8-10-19(18)27/h7-12,14,23H,5-6,13,15H2,1-4H3,(H,28,29,30). The Morgan fingerprint density at radius 3 is 2.72 bits per heavy atom. The van der Waals surface area contributed by atoms with Crippen molar-refractivity contribution in [1.29, 1.82) is 0 Å². The summed E-state index contributed by atoms with van der Waals surface area (Å²) < 4.78 is 32.6. The number of carbonyl (C=O) groups excluding carboxylic acids is 1. The van der Waals surface area contributed by atoms with Crippen LogP contribution in [0.15, 0.2) is 58.9 Å². The van der Waals surface area contributed by atoms with Crippen molar-refractivity contribution in [2.24, 2.45) is 0 Å². The lowest BCUT2D eigenvalue weighted by Crippen LogP contribution is -2.29. The molecule has 1 aromatic heterocycles. The largest absolute Gasteiger partial charge is 0.493 e. The van der Waals surface area contributed by atoms with Gasteiger partial charge in [0.1, 0.15) is 18.5 Å². The summed E-state index contributed by atoms with van der Waals surface area (Å²) in [5.41, 5.74) is 2.26. The normalized spacial score (nSPS) is 14.8. The van der Waals surface area contributed by atoms with Gasteiger partial charge < -0.3 is 19.5 Å². The van der Waals surface area contributed by atoms with Gasteiger partial charge in [0, 0.05) is 17.0 Å². The number of rotatable bonds is 10. The van der Waals surface area contributed by atoms with E-state index in [2.05, 4.69) is 22.3 Å². The summed E-state index contributed by atoms with van der Waals surface area (Å²) in [6.07, 6.45) is 0.988. The second-order valence-corrected chi connectivity index (χ2v) is 9.15. The van der Waals surface area contributed by atoms with E-state index >= 15 is 0 Å². The molecule has 36 heavy (non-hydrogen) atoms. The molecule has 0 fully saturated rings. The molecule has 1 N–H and O–H groups in total. The van der Waals surface area contributed by atoms with Gasteiger partial charge in [0.2, 0.25) is 11.1 Å². The molecule has 1 unspecified atom stereocenters. The minimum Gasteiger partial charge on any atom is -0.493 e. The SMILES string of the molecule is CCCSc1nc2n(n1)C(c1ccc(OCc3ccccc3F)c(OC)c1)C(C(=O)OCC)=C(C)N2. The van der Waals surface area contributed by atoms with Crippen LogP contribution >= 0.6 is 11.8 Å². The Morgan fingerprint density at radius 2 is 2.00 bits per heavy atom. The Hall–Kier alpha value is -3.53. The van der Waals surface area contributed by atoms with E-state index in [1.165, 1.54) is 13.2 Å². The lowest BCUT2D eigenvalue weighted by atomic mass is 9.95. The number of nitrogens with one attached hydrogen (secondary N) is 1. The third-order valence-corrected chi connectivity index (χ3v) is 6.65. The molecule has 0 radical (unpaired) electrons. The molecule has 0 amide bonds. The molecular weight excluding hydrogens is 483 g/mol. The number of aromatic nitrogens is 3. The van der Waals surface area contributed by atoms with Crippen molar-refractivity contribution in [3.05, 3.63) is 70.7 Å². The molecule has 4 rings (SSSR count). The van der Waals surface area contributed by atoms with E-state index < -0.39 is 12.0 Å². The fourth-order valence-electron chi connectivity index (χ4n) is 3.91. The van der Waals surface area contributed by atoms with Crippen molar-refractivity contribution >= 4 is 23.7 Å². The predicted octanol–water partition coefficient (Wildman–Crippen LogP) is 5.36. The first-order chi connectivity index (χ1) is 17.5. The van der Waals surface area contributed by atoms with Gasteiger partial charge in [-0.15, -0.1) is 5.10 Å². The number of allylic oxidation sites excluding steroid dienone is 1. The van der Waals surface area contributed by atoms with Gasteiger partial charge in [-0.05, 0) is 44.0 Å². The zero-order valence-corrected chi connectivity index (χ0v) is 21.5. The molecule has 2 aromatic carbocycles. The van der Waals surface area contributed by atoms with Crippen LogP contribution in [0.1, 0.15) is 44.4 Å². The van der Waals surface area contributed by atoms with Gasteiger partial charge in [-0.25, -0.2) is 13.9 Å². The van der Waals surface area contributed by atoms with E-state index in [9.17, 15) is 9.18 Å². The monoisotopic (exact) mass is 512 g/mol. The van der Waals surface area contributed by atoms with E-state index in [1.807, 2.05) is 13.0 Å². The van der Waals surface area contributed by atoms with E-state index in [4.69, 9.17) is 14.2 Å². The zero-order chi connectivity index (χ0) is 25.7. The molecule has 3 aromatic rings. The molecule has 0 saturated heterocycles. The molecule has 0 spiro atoms. The van der Waals surface area contributed by atoms with Crippen LogP contribution in [0.4, 0.5) is 10.3 Å². The summed E-state index contributed by atoms with van der Waals surface area (Å²) in [5.74, 6) is 1.56. The summed E-state index contributed by atoms with van der Waals surface area (Å²) >= 11 is 1.55. The fourth-order valence-corrected chi connectivity index (χ4v) is 4.60. The minimum atomic E-state index is -0.585. The Kier molecular flexibility index (Phi) is 8.14. The number of ether oxygens (including phenoxy) is 3. The van der Waals surface area contributed by atoms with Gasteiger partial charge in [0.05, 0.1) is 19.3 Å². The van der Waals surface area contributed by atoms with Gasteiger partial charge in [-0.2, -0.15) is 4.98 Å². The van der Waals surface area contributed by atoms with E-state index in [-0.39, 0.29) is 19.0 Å². The summed E-state index contributed by atoms with van der Waals surface area (Å²) in [6, 6.07) is 11.3. The summed E-state index contributed by atoms with van der Waals surface area (Å²) in [6.45, 7) is 5.98. The highest BCUT2D eigenvalue weighted by atomic mass is 32.2. The van der Waals surface area contributed by atoms with E-state index in [1.54, 1.807) is 53.7 Å². The molecule has 10 heteroatoms. The third-order valence-electron chi connectivity index (χ3n) is 5.61. The number of carbonyl (C=O) groups is 1. The van der Waals surface area contributed by atoms with Crippen molar-refractivity contribution < 1.29 is 23.4 Å². The molecule has 1 aliphatic rings. The van der Waals surface area contributed by atoms with Gasteiger partial charge in [0.25, 0.3) is 0 Å². The van der Waals surface area contributed by atoms with Crippen LogP contribution in [-0.2, 0) is 16.1 Å². The van der Waals surface area contributed by atoms with Crippen LogP contribution in [0, 0.1) is 5.82 Å². The van der Waals surface area contributed by atoms with Crippen LogP contribution in [0.5, 0.6) is 11.5 Å². The van der Waals surface area contributed by atoms with E-state index in [0.717, 1.165) is 17.7 Å². The number of hydrogen-bond donors (Lipinski definition) is 1. The second-order valence-electron chi connectivity index (χ2n) is 8.09. The molecule has 1 atom stereocenters. The third kappa shape index (κ3) is 5.33. The van der Waals surface area contributed by atoms with Crippen LogP contribution in [-0.4, -0.2) is 40.2 Å². The maximum atomic E-state index is 14.0. The number of esters is 1. The van der Waals surface area contributed by atoms with Gasteiger partial charge in [0.15, 0.2) is 11.5 Å². The second kappa shape index (κ2) is 11.5. The predicted molar refractivity (Wildman–Crippen MR) is 136 cm³/mol. The molecule has 1 aliphatic heterocycles. The van der Waals surface area contributed by atoms with Crippen molar-refractivity contribution in [2.45, 2.75) is 45.0 Å². The first-order valence-electron chi connectivity index (χ1n) is 11.7. The van der Waals surface area contributed by atoms with Gasteiger partial charge in [-0.1, -0.05) is 43.0 Å². The maximum absolute atomic E-state index is 14.0. The smallest absolute Gasteiger partial charge is 0.338 e. The highest BCUT2D eigenvalue weighted by Crippen LogP contribution is 2.40. The molecule has 8 nitrogen and oxygen atoms in total. The first kappa shape index (κ1) is 25.6. The Bertz CT molecular complexity index is 1280. The molecule has 0 saturated carbocycles. The minimum absolute atomic E-state index is 0.0497. The Morgan fingerprint density at radius 1 is 1.19 bits per heavy atom. The molecule has 0 aliphatic carbocycles. The van der Waals surface area contributed by atoms with Gasteiger partial charge in [-0.3, -0.25) is 0 Å². The molecule has 0 bridgehead atoms. The lowest BCUT2D eigenvalue weighted by Gasteiger charge is -2.28. The van der Waals surface area contributed by atoms with Crippen LogP contribution in [0.3, 0.4) is 0 Å². The topological polar surface area (TPSA) is 87.5 Å². The summed E-state index contributed by atoms with van der Waals surface area (Å²) in [5, 5.41) is 8.50. The summed E-state index contributed by atoms with van der Waals surface area (Å²) in [4.78, 5) is 17.6. The highest BCUT2D eigenvalue weighted by Gasteiger charge is 2.35. The van der Waals surface area contributed by atoms with Crippen molar-refractivity contribution in [3.8, 4) is 11.5 Å². The average Bonchev–Trinajstić information content (AvgIpc) is 3.28. The zero-order valence-electron chi connectivity index (χ0n) is 20.7. The number of methoxy groups -OCH3 is 1. The molecule has 2 heterocycles. The van der Waals surface area contributed by atoms with Crippen LogP contribution < -0.4 is 14.8 Å². The lowest BCUT2D eigenvalue weighted by molar-refractivity contribution is -0.139. The molecular formula is C26H29FN4O4S. The number of thioether (sulfide) groups is 1. The number of hydrogen-bond acceptors (Lipinski definition) is 8. The van der Waals surface area contributed by atoms with Crippen molar-refractivity contribution in [1.82, 2.24) is 14.8 Å². The van der Waals surface area contributed by atoms with Crippen LogP contribution in [0.2, 0.25) is 0 Å². The number of benzene rings is 2. The van der Waals surface area contributed by atoms with Crippen LogP contribution in [0.25, 0.3) is 0 Å². The number of anilines is 1. The maximum Gasteiger partial charge on any atom is 0.338 e. The fraction of sp³-hybridized carbons (Fsp3) is 0.346. The first-order valence-corrected chi connectivity index (χ1v) is 12.7. The Balaban J connectivity index is 1.71. The number of halogens is 1. The van der Waals surface area contributed by atoms with Crippen molar-refractivity contribution in [3.63, 3.8) is 0 Å².